The maximum absolute atomic E-state index is 13.3. The first-order valence-electron chi connectivity index (χ1n) is 12.5. The fourth-order valence-corrected chi connectivity index (χ4v) is 5.52. The van der Waals surface area contributed by atoms with E-state index in [-0.39, 0.29) is 29.2 Å². The van der Waals surface area contributed by atoms with E-state index >= 15 is 0 Å². The number of nitrogens with zero attached hydrogens (tertiary/aromatic N) is 2. The molecule has 2 aliphatic rings. The molecule has 8 heteroatoms. The Balaban J connectivity index is 1.30. The minimum absolute atomic E-state index is 0.149. The van der Waals surface area contributed by atoms with Crippen molar-refractivity contribution < 1.29 is 14.4 Å². The number of rotatable bonds is 6. The standard InChI is InChI=1S/C29H27Cl2N3O3/c1-2-6-25(34-15-13-33(14-16-34)24-10-5-9-23(30)26(24)31)32-29(37)18-11-12-21-22(17-18)28(36)20-8-4-3-7-19(20)27(21)35/h3-5,7-12,17,25H,2,6,13-16H2,1H3,(H,32,37). The van der Waals surface area contributed by atoms with Crippen LogP contribution >= 0.6 is 23.2 Å². The van der Waals surface area contributed by atoms with Crippen LogP contribution in [-0.2, 0) is 0 Å². The summed E-state index contributed by atoms with van der Waals surface area (Å²) in [6, 6.07) is 17.2. The lowest BCUT2D eigenvalue weighted by Crippen LogP contribution is -2.56. The third kappa shape index (κ3) is 4.89. The topological polar surface area (TPSA) is 69.7 Å². The summed E-state index contributed by atoms with van der Waals surface area (Å²) in [4.78, 5) is 43.7. The normalized spacial score (nSPS) is 16.2. The molecule has 5 rings (SSSR count). The molecule has 1 unspecified atom stereocenters. The molecule has 1 saturated heterocycles. The second kappa shape index (κ2) is 10.7. The van der Waals surface area contributed by atoms with Crippen LogP contribution in [0.15, 0.2) is 60.7 Å². The number of fused-ring (bicyclic) bond motifs is 2. The Kier molecular flexibility index (Phi) is 7.33. The Labute approximate surface area is 226 Å². The third-order valence-corrected chi connectivity index (χ3v) is 7.88. The van der Waals surface area contributed by atoms with Gasteiger partial charge < -0.3 is 10.2 Å². The molecule has 0 saturated carbocycles. The average Bonchev–Trinajstić information content (AvgIpc) is 2.93. The summed E-state index contributed by atoms with van der Waals surface area (Å²) in [7, 11) is 0. The smallest absolute Gasteiger partial charge is 0.252 e. The predicted octanol–water partition coefficient (Wildman–Crippen LogP) is 5.45. The number of carbonyl (C=O) groups excluding carboxylic acids is 3. The summed E-state index contributed by atoms with van der Waals surface area (Å²) >= 11 is 12.6. The molecule has 1 amide bonds. The first-order chi connectivity index (χ1) is 17.9. The van der Waals surface area contributed by atoms with Gasteiger partial charge in [-0.2, -0.15) is 0 Å². The highest BCUT2D eigenvalue weighted by Gasteiger charge is 2.31. The van der Waals surface area contributed by atoms with Gasteiger partial charge in [0.05, 0.1) is 21.9 Å². The van der Waals surface area contributed by atoms with Crippen molar-refractivity contribution in [2.24, 2.45) is 0 Å². The van der Waals surface area contributed by atoms with Gasteiger partial charge >= 0.3 is 0 Å². The molecule has 37 heavy (non-hydrogen) atoms. The zero-order valence-electron chi connectivity index (χ0n) is 20.5. The molecule has 190 valence electrons. The number of piperazine rings is 1. The fourth-order valence-electron chi connectivity index (χ4n) is 5.11. The molecule has 1 N–H and O–H groups in total. The molecule has 0 bridgehead atoms. The number of carbonyl (C=O) groups is 3. The number of anilines is 1. The van der Waals surface area contributed by atoms with Crippen LogP contribution in [0.5, 0.6) is 0 Å². The van der Waals surface area contributed by atoms with Crippen molar-refractivity contribution in [1.29, 1.82) is 0 Å². The van der Waals surface area contributed by atoms with Gasteiger partial charge in [0.2, 0.25) is 0 Å². The SMILES string of the molecule is CCCC(NC(=O)c1ccc2c(c1)C(=O)c1ccccc1C2=O)N1CCN(c2cccc(Cl)c2Cl)CC1. The van der Waals surface area contributed by atoms with Gasteiger partial charge in [-0.3, -0.25) is 19.3 Å². The van der Waals surface area contributed by atoms with E-state index in [1.807, 2.05) is 12.1 Å². The minimum atomic E-state index is -0.263. The first kappa shape index (κ1) is 25.5. The zero-order chi connectivity index (χ0) is 26.1. The molecule has 0 aromatic heterocycles. The Morgan fingerprint density at radius 3 is 2.19 bits per heavy atom. The Morgan fingerprint density at radius 1 is 0.865 bits per heavy atom. The largest absolute Gasteiger partial charge is 0.368 e. The van der Waals surface area contributed by atoms with Crippen LogP contribution < -0.4 is 10.2 Å². The van der Waals surface area contributed by atoms with E-state index in [0.29, 0.717) is 32.3 Å². The van der Waals surface area contributed by atoms with Crippen LogP contribution in [-0.4, -0.2) is 54.7 Å². The number of halogens is 2. The maximum Gasteiger partial charge on any atom is 0.252 e. The van der Waals surface area contributed by atoms with Crippen LogP contribution in [0.25, 0.3) is 0 Å². The highest BCUT2D eigenvalue weighted by atomic mass is 35.5. The first-order valence-corrected chi connectivity index (χ1v) is 13.2. The molecule has 1 aliphatic heterocycles. The van der Waals surface area contributed by atoms with E-state index in [9.17, 15) is 14.4 Å². The van der Waals surface area contributed by atoms with Crippen LogP contribution in [0.1, 0.15) is 62.0 Å². The van der Waals surface area contributed by atoms with Crippen LogP contribution in [0.2, 0.25) is 10.0 Å². The molecule has 0 spiro atoms. The average molecular weight is 536 g/mol. The van der Waals surface area contributed by atoms with Crippen molar-refractivity contribution in [3.05, 3.63) is 98.5 Å². The number of hydrogen-bond donors (Lipinski definition) is 1. The summed E-state index contributed by atoms with van der Waals surface area (Å²) in [5, 5.41) is 4.24. The molecule has 6 nitrogen and oxygen atoms in total. The monoisotopic (exact) mass is 535 g/mol. The van der Waals surface area contributed by atoms with Crippen LogP contribution in [0.4, 0.5) is 5.69 Å². The number of hydrogen-bond acceptors (Lipinski definition) is 5. The van der Waals surface area contributed by atoms with Gasteiger partial charge in [0.1, 0.15) is 0 Å². The molecule has 1 aliphatic carbocycles. The molecular weight excluding hydrogens is 509 g/mol. The number of amides is 1. The van der Waals surface area contributed by atoms with Crippen molar-refractivity contribution in [2.75, 3.05) is 31.1 Å². The van der Waals surface area contributed by atoms with E-state index in [0.717, 1.165) is 44.7 Å². The number of ketones is 2. The zero-order valence-corrected chi connectivity index (χ0v) is 22.0. The Morgan fingerprint density at radius 2 is 1.51 bits per heavy atom. The van der Waals surface area contributed by atoms with Crippen LogP contribution in [0.3, 0.4) is 0 Å². The minimum Gasteiger partial charge on any atom is -0.368 e. The highest BCUT2D eigenvalue weighted by molar-refractivity contribution is 6.43. The quantitative estimate of drug-likeness (QED) is 0.355. The summed E-state index contributed by atoms with van der Waals surface area (Å²) < 4.78 is 0. The van der Waals surface area contributed by atoms with Gasteiger partial charge in [0.15, 0.2) is 11.6 Å². The van der Waals surface area contributed by atoms with Crippen LogP contribution in [0, 0.1) is 0 Å². The van der Waals surface area contributed by atoms with Gasteiger partial charge in [-0.15, -0.1) is 0 Å². The predicted molar refractivity (Wildman–Crippen MR) is 146 cm³/mol. The summed E-state index contributed by atoms with van der Waals surface area (Å²) in [6.07, 6.45) is 1.54. The van der Waals surface area contributed by atoms with Gasteiger partial charge in [0, 0.05) is 54.0 Å². The van der Waals surface area contributed by atoms with E-state index < -0.39 is 0 Å². The van der Waals surface area contributed by atoms with E-state index in [1.165, 1.54) is 0 Å². The maximum atomic E-state index is 13.3. The lowest BCUT2D eigenvalue weighted by molar-refractivity contribution is 0.0824. The summed E-state index contributed by atoms with van der Waals surface area (Å²) in [6.45, 7) is 5.10. The molecule has 1 heterocycles. The van der Waals surface area contributed by atoms with Gasteiger partial charge in [0.25, 0.3) is 5.91 Å². The van der Waals surface area contributed by atoms with Crippen molar-refractivity contribution in [3.8, 4) is 0 Å². The van der Waals surface area contributed by atoms with E-state index in [2.05, 4.69) is 22.0 Å². The fraction of sp³-hybridized carbons (Fsp3) is 0.276. The molecule has 3 aromatic rings. The molecular formula is C29H27Cl2N3O3. The summed E-state index contributed by atoms with van der Waals surface area (Å²) in [5.74, 6) is -0.694. The Bertz CT molecular complexity index is 1380. The number of nitrogens with one attached hydrogen (secondary N) is 1. The van der Waals surface area contributed by atoms with Crippen molar-refractivity contribution >= 4 is 46.4 Å². The molecule has 1 atom stereocenters. The number of benzene rings is 3. The van der Waals surface area contributed by atoms with Gasteiger partial charge in [-0.1, -0.05) is 66.9 Å². The van der Waals surface area contributed by atoms with E-state index in [4.69, 9.17) is 23.2 Å². The Hall–Kier alpha value is -3.19. The van der Waals surface area contributed by atoms with Gasteiger partial charge in [-0.25, -0.2) is 0 Å². The lowest BCUT2D eigenvalue weighted by atomic mass is 9.83. The van der Waals surface area contributed by atoms with Crippen molar-refractivity contribution in [2.45, 2.75) is 25.9 Å². The third-order valence-electron chi connectivity index (χ3n) is 7.07. The molecule has 0 radical (unpaired) electrons. The summed E-state index contributed by atoms with van der Waals surface area (Å²) in [5.41, 5.74) is 2.67. The lowest BCUT2D eigenvalue weighted by Gasteiger charge is -2.40. The van der Waals surface area contributed by atoms with E-state index in [1.54, 1.807) is 48.5 Å². The molecule has 1 fully saturated rings. The van der Waals surface area contributed by atoms with Crippen molar-refractivity contribution in [3.63, 3.8) is 0 Å². The van der Waals surface area contributed by atoms with Crippen molar-refractivity contribution in [1.82, 2.24) is 10.2 Å². The molecule has 3 aromatic carbocycles. The highest BCUT2D eigenvalue weighted by Crippen LogP contribution is 2.33. The second-order valence-corrected chi connectivity index (χ2v) is 10.1. The second-order valence-electron chi connectivity index (χ2n) is 9.34. The van der Waals surface area contributed by atoms with Gasteiger partial charge in [-0.05, 0) is 36.8 Å².